The molecule has 27 heavy (non-hydrogen) atoms. The largest absolute Gasteiger partial charge is 0.508 e. The molecule has 0 bridgehead atoms. The SMILES string of the molecule is CCOC(=O)OC[C@@]12CCC[C@H]1[C@@H]1CCC3=CC(=O)C=C[C@]3(C)[C@H]1[C@@H](O)C2. The Morgan fingerprint density at radius 1 is 1.33 bits per heavy atom. The molecular formula is C22H30O5. The molecule has 0 heterocycles. The maximum atomic E-state index is 11.9. The predicted octanol–water partition coefficient (Wildman–Crippen LogP) is 3.81. The highest BCUT2D eigenvalue weighted by molar-refractivity contribution is 6.01. The molecule has 0 saturated heterocycles. The van der Waals surface area contributed by atoms with Gasteiger partial charge in [0.15, 0.2) is 5.78 Å². The molecule has 148 valence electrons. The summed E-state index contributed by atoms with van der Waals surface area (Å²) in [5.41, 5.74) is 0.787. The number of aliphatic hydroxyl groups is 1. The molecule has 0 aromatic heterocycles. The summed E-state index contributed by atoms with van der Waals surface area (Å²) in [5.74, 6) is 1.02. The molecule has 0 amide bonds. The lowest BCUT2D eigenvalue weighted by Gasteiger charge is -2.58. The third kappa shape index (κ3) is 2.95. The summed E-state index contributed by atoms with van der Waals surface area (Å²) in [6.07, 6.45) is 10.2. The normalized spacial score (nSPS) is 42.6. The Kier molecular flexibility index (Phi) is 4.69. The van der Waals surface area contributed by atoms with E-state index in [9.17, 15) is 14.7 Å². The topological polar surface area (TPSA) is 72.8 Å². The van der Waals surface area contributed by atoms with E-state index in [1.165, 1.54) is 5.57 Å². The maximum absolute atomic E-state index is 11.9. The number of rotatable bonds is 3. The third-order valence-electron chi connectivity index (χ3n) is 7.77. The van der Waals surface area contributed by atoms with Gasteiger partial charge in [-0.15, -0.1) is 0 Å². The number of allylic oxidation sites excluding steroid dienone is 4. The third-order valence-corrected chi connectivity index (χ3v) is 7.77. The summed E-state index contributed by atoms with van der Waals surface area (Å²) in [4.78, 5) is 23.6. The molecule has 0 radical (unpaired) electrons. The fourth-order valence-electron chi connectivity index (χ4n) is 6.72. The van der Waals surface area contributed by atoms with Crippen LogP contribution in [-0.4, -0.2) is 36.4 Å². The lowest BCUT2D eigenvalue weighted by Crippen LogP contribution is -2.56. The van der Waals surface area contributed by atoms with E-state index in [4.69, 9.17) is 9.47 Å². The van der Waals surface area contributed by atoms with Gasteiger partial charge in [-0.2, -0.15) is 0 Å². The molecule has 0 spiro atoms. The van der Waals surface area contributed by atoms with Gasteiger partial charge in [-0.25, -0.2) is 4.79 Å². The molecular weight excluding hydrogens is 344 g/mol. The van der Waals surface area contributed by atoms with Gasteiger partial charge in [0.1, 0.15) is 6.61 Å². The number of aliphatic hydroxyl groups excluding tert-OH is 1. The Bertz CT molecular complexity index is 695. The Morgan fingerprint density at radius 2 is 2.15 bits per heavy atom. The van der Waals surface area contributed by atoms with Crippen molar-refractivity contribution in [3.63, 3.8) is 0 Å². The lowest BCUT2D eigenvalue weighted by atomic mass is 9.47. The fraction of sp³-hybridized carbons (Fsp3) is 0.727. The van der Waals surface area contributed by atoms with Crippen LogP contribution in [0.15, 0.2) is 23.8 Å². The van der Waals surface area contributed by atoms with Crippen LogP contribution in [0.1, 0.15) is 52.4 Å². The molecule has 1 N–H and O–H groups in total. The van der Waals surface area contributed by atoms with Gasteiger partial charge in [0.2, 0.25) is 0 Å². The van der Waals surface area contributed by atoms with Crippen LogP contribution in [0.25, 0.3) is 0 Å². The van der Waals surface area contributed by atoms with Crippen molar-refractivity contribution in [2.75, 3.05) is 13.2 Å². The van der Waals surface area contributed by atoms with Gasteiger partial charge in [-0.05, 0) is 63.0 Å². The van der Waals surface area contributed by atoms with Crippen molar-refractivity contribution in [2.45, 2.75) is 58.5 Å². The minimum atomic E-state index is -0.608. The molecule has 4 aliphatic rings. The second kappa shape index (κ2) is 6.77. The predicted molar refractivity (Wildman–Crippen MR) is 99.9 cm³/mol. The minimum absolute atomic E-state index is 0.0595. The molecule has 0 aromatic rings. The second-order valence-corrected chi connectivity index (χ2v) is 9.02. The van der Waals surface area contributed by atoms with E-state index in [1.807, 2.05) is 6.08 Å². The van der Waals surface area contributed by atoms with Crippen LogP contribution in [0.3, 0.4) is 0 Å². The molecule has 4 rings (SSSR count). The van der Waals surface area contributed by atoms with Crippen LogP contribution >= 0.6 is 0 Å². The standard InChI is InChI=1S/C22H30O5/c1-3-26-20(25)27-13-22-9-4-5-17(22)16-7-6-14-11-15(23)8-10-21(14,2)19(16)18(24)12-22/h8,10-11,16-19,24H,3-7,9,12-13H2,1-2H3/t16-,17-,18-,19+,21-,22-/m0/s1. The molecule has 4 aliphatic carbocycles. The number of hydrogen-bond acceptors (Lipinski definition) is 5. The molecule has 3 saturated carbocycles. The van der Waals surface area contributed by atoms with E-state index in [1.54, 1.807) is 19.1 Å². The van der Waals surface area contributed by atoms with Gasteiger partial charge in [0.05, 0.1) is 12.7 Å². The minimum Gasteiger partial charge on any atom is -0.435 e. The summed E-state index contributed by atoms with van der Waals surface area (Å²) in [5, 5.41) is 11.2. The molecule has 6 atom stereocenters. The van der Waals surface area contributed by atoms with Gasteiger partial charge in [0, 0.05) is 16.7 Å². The van der Waals surface area contributed by atoms with Crippen molar-refractivity contribution >= 4 is 11.9 Å². The number of hydrogen-bond donors (Lipinski definition) is 1. The van der Waals surface area contributed by atoms with Crippen molar-refractivity contribution in [2.24, 2.45) is 28.6 Å². The summed E-state index contributed by atoms with van der Waals surface area (Å²) < 4.78 is 10.4. The molecule has 0 aromatic carbocycles. The van der Waals surface area contributed by atoms with Crippen LogP contribution in [0.4, 0.5) is 4.79 Å². The smallest absolute Gasteiger partial charge is 0.435 e. The quantitative estimate of drug-likeness (QED) is 0.761. The highest BCUT2D eigenvalue weighted by atomic mass is 16.7. The molecule has 5 nitrogen and oxygen atoms in total. The summed E-state index contributed by atoms with van der Waals surface area (Å²) in [6, 6.07) is 0. The molecule has 0 unspecified atom stereocenters. The average Bonchev–Trinajstić information content (AvgIpc) is 3.04. The van der Waals surface area contributed by atoms with Crippen molar-refractivity contribution in [3.8, 4) is 0 Å². The number of carbonyl (C=O) groups is 2. The van der Waals surface area contributed by atoms with Crippen LogP contribution in [0.5, 0.6) is 0 Å². The average molecular weight is 374 g/mol. The Hall–Kier alpha value is -1.62. The first-order valence-electron chi connectivity index (χ1n) is 10.3. The first kappa shape index (κ1) is 18.7. The van der Waals surface area contributed by atoms with E-state index in [2.05, 4.69) is 6.92 Å². The van der Waals surface area contributed by atoms with E-state index in [0.29, 0.717) is 31.5 Å². The van der Waals surface area contributed by atoms with Crippen molar-refractivity contribution < 1.29 is 24.2 Å². The second-order valence-electron chi connectivity index (χ2n) is 9.02. The lowest BCUT2D eigenvalue weighted by molar-refractivity contribution is -0.128. The first-order valence-corrected chi connectivity index (χ1v) is 10.3. The highest BCUT2D eigenvalue weighted by Crippen LogP contribution is 2.64. The number of ketones is 1. The van der Waals surface area contributed by atoms with Gasteiger partial charge in [-0.3, -0.25) is 4.79 Å². The van der Waals surface area contributed by atoms with Gasteiger partial charge < -0.3 is 14.6 Å². The van der Waals surface area contributed by atoms with Crippen LogP contribution in [-0.2, 0) is 14.3 Å². The summed E-state index contributed by atoms with van der Waals surface area (Å²) >= 11 is 0. The Labute approximate surface area is 160 Å². The molecule has 0 aliphatic heterocycles. The maximum Gasteiger partial charge on any atom is 0.508 e. The molecule has 5 heteroatoms. The zero-order valence-electron chi connectivity index (χ0n) is 16.3. The van der Waals surface area contributed by atoms with E-state index in [-0.39, 0.29) is 22.5 Å². The number of carbonyl (C=O) groups excluding carboxylic acids is 2. The van der Waals surface area contributed by atoms with Gasteiger partial charge in [-0.1, -0.05) is 25.0 Å². The van der Waals surface area contributed by atoms with E-state index >= 15 is 0 Å². The van der Waals surface area contributed by atoms with Crippen LogP contribution < -0.4 is 0 Å². The summed E-state index contributed by atoms with van der Waals surface area (Å²) in [6.45, 7) is 4.59. The zero-order chi connectivity index (χ0) is 19.2. The monoisotopic (exact) mass is 374 g/mol. The first-order chi connectivity index (χ1) is 12.9. The van der Waals surface area contributed by atoms with Gasteiger partial charge in [0.25, 0.3) is 0 Å². The van der Waals surface area contributed by atoms with E-state index < -0.39 is 12.3 Å². The Morgan fingerprint density at radius 3 is 2.93 bits per heavy atom. The van der Waals surface area contributed by atoms with E-state index in [0.717, 1.165) is 32.1 Å². The zero-order valence-corrected chi connectivity index (χ0v) is 16.3. The number of ether oxygens (including phenoxy) is 2. The van der Waals surface area contributed by atoms with Crippen molar-refractivity contribution in [1.29, 1.82) is 0 Å². The van der Waals surface area contributed by atoms with Crippen molar-refractivity contribution in [1.82, 2.24) is 0 Å². The van der Waals surface area contributed by atoms with Crippen LogP contribution in [0.2, 0.25) is 0 Å². The van der Waals surface area contributed by atoms with Crippen molar-refractivity contribution in [3.05, 3.63) is 23.8 Å². The van der Waals surface area contributed by atoms with Gasteiger partial charge >= 0.3 is 6.16 Å². The highest BCUT2D eigenvalue weighted by Gasteiger charge is 2.60. The van der Waals surface area contributed by atoms with Crippen LogP contribution in [0, 0.1) is 28.6 Å². The molecule has 3 fully saturated rings. The fourth-order valence-corrected chi connectivity index (χ4v) is 6.72. The number of fused-ring (bicyclic) bond motifs is 5. The Balaban J connectivity index is 1.60. The summed E-state index contributed by atoms with van der Waals surface area (Å²) in [7, 11) is 0.